The Hall–Kier alpha value is -2.41. The molecule has 0 saturated heterocycles. The number of fused-ring (bicyclic) bond motifs is 1. The number of nitrogens with one attached hydrogen (secondary N) is 2. The van der Waals surface area contributed by atoms with Crippen LogP contribution < -0.4 is 10.6 Å². The van der Waals surface area contributed by atoms with E-state index in [4.69, 9.17) is 4.74 Å². The van der Waals surface area contributed by atoms with Crippen LogP contribution in [-0.4, -0.2) is 62.1 Å². The van der Waals surface area contributed by atoms with Gasteiger partial charge in [-0.1, -0.05) is 26.0 Å². The van der Waals surface area contributed by atoms with Gasteiger partial charge in [0.2, 0.25) is 0 Å². The van der Waals surface area contributed by atoms with Gasteiger partial charge in [-0.2, -0.15) is 0 Å². The van der Waals surface area contributed by atoms with E-state index in [1.54, 1.807) is 24.3 Å². The minimum atomic E-state index is -0.235. The highest BCUT2D eigenvalue weighted by molar-refractivity contribution is 6.21. The Morgan fingerprint density at radius 2 is 1.81 bits per heavy atom. The van der Waals surface area contributed by atoms with Crippen molar-refractivity contribution >= 4 is 17.8 Å². The number of ether oxygens (including phenoxy) is 1. The van der Waals surface area contributed by atoms with Crippen molar-refractivity contribution < 1.29 is 14.3 Å². The second-order valence-corrected chi connectivity index (χ2v) is 6.82. The average molecular weight is 374 g/mol. The summed E-state index contributed by atoms with van der Waals surface area (Å²) in [5, 5.41) is 6.34. The Morgan fingerprint density at radius 1 is 1.15 bits per heavy atom. The number of carbonyl (C=O) groups is 2. The van der Waals surface area contributed by atoms with Crippen molar-refractivity contribution in [1.29, 1.82) is 0 Å². The van der Waals surface area contributed by atoms with E-state index >= 15 is 0 Å². The first-order valence-electron chi connectivity index (χ1n) is 9.59. The van der Waals surface area contributed by atoms with Crippen LogP contribution in [0.1, 0.15) is 47.9 Å². The Bertz CT molecular complexity index is 638. The van der Waals surface area contributed by atoms with Crippen molar-refractivity contribution in [3.63, 3.8) is 0 Å². The van der Waals surface area contributed by atoms with Crippen LogP contribution in [0, 0.1) is 5.92 Å². The summed E-state index contributed by atoms with van der Waals surface area (Å²) in [5.74, 6) is 0.746. The summed E-state index contributed by atoms with van der Waals surface area (Å²) in [6.07, 6.45) is 0.849. The Balaban J connectivity index is 1.77. The van der Waals surface area contributed by atoms with Gasteiger partial charge >= 0.3 is 0 Å². The highest BCUT2D eigenvalue weighted by Crippen LogP contribution is 2.21. The summed E-state index contributed by atoms with van der Waals surface area (Å²) in [5.41, 5.74) is 0.953. The molecule has 0 aromatic heterocycles. The number of benzene rings is 1. The minimum absolute atomic E-state index is 0.235. The summed E-state index contributed by atoms with van der Waals surface area (Å²) in [7, 11) is 0. The van der Waals surface area contributed by atoms with Gasteiger partial charge in [0, 0.05) is 39.4 Å². The fraction of sp³-hybridized carbons (Fsp3) is 0.550. The standard InChI is InChI=1S/C20H30N4O3/c1-4-21-20(22-10-7-13-27-14-15(2)3)23-11-12-24-18(25)16-8-5-6-9-17(16)19(24)26/h5-6,8-9,15H,4,7,10-14H2,1-3H3,(H2,21,22,23). The van der Waals surface area contributed by atoms with E-state index in [2.05, 4.69) is 29.5 Å². The summed E-state index contributed by atoms with van der Waals surface area (Å²) < 4.78 is 5.55. The molecule has 0 spiro atoms. The maximum absolute atomic E-state index is 12.3. The monoisotopic (exact) mass is 374 g/mol. The van der Waals surface area contributed by atoms with Crippen LogP contribution in [-0.2, 0) is 4.74 Å². The molecule has 1 aliphatic heterocycles. The number of nitrogens with zero attached hydrogens (tertiary/aromatic N) is 2. The number of aliphatic imine (C=N–C) groups is 1. The van der Waals surface area contributed by atoms with Crippen LogP contribution in [0.25, 0.3) is 0 Å². The smallest absolute Gasteiger partial charge is 0.261 e. The first-order valence-corrected chi connectivity index (χ1v) is 9.59. The molecule has 0 unspecified atom stereocenters. The number of hydrogen-bond acceptors (Lipinski definition) is 4. The van der Waals surface area contributed by atoms with Gasteiger partial charge in [0.15, 0.2) is 5.96 Å². The zero-order valence-corrected chi connectivity index (χ0v) is 16.5. The lowest BCUT2D eigenvalue weighted by molar-refractivity contribution is 0.0657. The first-order chi connectivity index (χ1) is 13.0. The van der Waals surface area contributed by atoms with Crippen LogP contribution in [0.3, 0.4) is 0 Å². The molecule has 0 aliphatic carbocycles. The van der Waals surface area contributed by atoms with Crippen molar-refractivity contribution in [2.24, 2.45) is 10.9 Å². The molecule has 27 heavy (non-hydrogen) atoms. The molecule has 0 atom stereocenters. The van der Waals surface area contributed by atoms with Gasteiger partial charge in [0.1, 0.15) is 0 Å². The van der Waals surface area contributed by atoms with Crippen LogP contribution >= 0.6 is 0 Å². The van der Waals surface area contributed by atoms with Gasteiger partial charge < -0.3 is 15.4 Å². The third kappa shape index (κ3) is 6.06. The number of carbonyl (C=O) groups excluding carboxylic acids is 2. The second kappa shape index (κ2) is 10.7. The van der Waals surface area contributed by atoms with Gasteiger partial charge in [-0.25, -0.2) is 0 Å². The van der Waals surface area contributed by atoms with Crippen molar-refractivity contribution in [1.82, 2.24) is 15.5 Å². The third-order valence-electron chi connectivity index (χ3n) is 4.02. The highest BCUT2D eigenvalue weighted by atomic mass is 16.5. The minimum Gasteiger partial charge on any atom is -0.381 e. The van der Waals surface area contributed by atoms with Gasteiger partial charge in [-0.05, 0) is 31.4 Å². The molecule has 148 valence electrons. The second-order valence-electron chi connectivity index (χ2n) is 6.82. The van der Waals surface area contributed by atoms with E-state index in [9.17, 15) is 9.59 Å². The van der Waals surface area contributed by atoms with E-state index in [1.165, 1.54) is 4.90 Å². The summed E-state index contributed by atoms with van der Waals surface area (Å²) in [6.45, 7) is 9.84. The lowest BCUT2D eigenvalue weighted by Crippen LogP contribution is -2.43. The molecule has 7 heteroatoms. The van der Waals surface area contributed by atoms with Crippen molar-refractivity contribution in [3.8, 4) is 0 Å². The lowest BCUT2D eigenvalue weighted by Gasteiger charge is -2.16. The molecule has 2 amide bonds. The molecule has 1 aromatic carbocycles. The quantitative estimate of drug-likeness (QED) is 0.283. The average Bonchev–Trinajstić information content (AvgIpc) is 2.89. The van der Waals surface area contributed by atoms with E-state index < -0.39 is 0 Å². The number of guanidine groups is 1. The highest BCUT2D eigenvalue weighted by Gasteiger charge is 2.34. The largest absolute Gasteiger partial charge is 0.381 e. The van der Waals surface area contributed by atoms with Crippen molar-refractivity contribution in [2.45, 2.75) is 27.2 Å². The molecule has 1 aliphatic rings. The maximum atomic E-state index is 12.3. The molecule has 7 nitrogen and oxygen atoms in total. The summed E-state index contributed by atoms with van der Waals surface area (Å²) in [4.78, 5) is 30.5. The van der Waals surface area contributed by atoms with Gasteiger partial charge in [0.05, 0.1) is 11.1 Å². The van der Waals surface area contributed by atoms with Crippen LogP contribution in [0.4, 0.5) is 0 Å². The van der Waals surface area contributed by atoms with E-state index in [0.717, 1.165) is 19.6 Å². The molecular weight excluding hydrogens is 344 g/mol. The number of amides is 2. The molecule has 0 bridgehead atoms. The summed E-state index contributed by atoms with van der Waals surface area (Å²) in [6, 6.07) is 6.92. The Kier molecular flexibility index (Phi) is 8.26. The molecule has 2 rings (SSSR count). The Morgan fingerprint density at radius 3 is 2.41 bits per heavy atom. The van der Waals surface area contributed by atoms with Gasteiger partial charge in [0.25, 0.3) is 11.8 Å². The Labute approximate surface area is 161 Å². The molecule has 0 fully saturated rings. The number of hydrogen-bond donors (Lipinski definition) is 2. The van der Waals surface area contributed by atoms with E-state index in [1.807, 2.05) is 6.92 Å². The molecule has 2 N–H and O–H groups in total. The predicted molar refractivity (Wildman–Crippen MR) is 106 cm³/mol. The molecule has 0 saturated carbocycles. The molecule has 1 aromatic rings. The maximum Gasteiger partial charge on any atom is 0.261 e. The lowest BCUT2D eigenvalue weighted by atomic mass is 10.1. The van der Waals surface area contributed by atoms with Crippen molar-refractivity contribution in [3.05, 3.63) is 35.4 Å². The summed E-state index contributed by atoms with van der Waals surface area (Å²) >= 11 is 0. The fourth-order valence-corrected chi connectivity index (χ4v) is 2.75. The van der Waals surface area contributed by atoms with Gasteiger partial charge in [-0.3, -0.25) is 19.5 Å². The normalized spacial score (nSPS) is 14.1. The van der Waals surface area contributed by atoms with Crippen LogP contribution in [0.5, 0.6) is 0 Å². The molecular formula is C20H30N4O3. The number of rotatable bonds is 10. The van der Waals surface area contributed by atoms with E-state index in [-0.39, 0.29) is 11.8 Å². The fourth-order valence-electron chi connectivity index (χ4n) is 2.75. The first kappa shape index (κ1) is 20.9. The number of imide groups is 1. The zero-order valence-electron chi connectivity index (χ0n) is 16.5. The predicted octanol–water partition coefficient (Wildman–Crippen LogP) is 1.90. The van der Waals surface area contributed by atoms with Gasteiger partial charge in [-0.15, -0.1) is 0 Å². The molecule has 0 radical (unpaired) electrons. The van der Waals surface area contributed by atoms with Crippen molar-refractivity contribution in [2.75, 3.05) is 39.4 Å². The molecule has 1 heterocycles. The van der Waals surface area contributed by atoms with Crippen LogP contribution in [0.15, 0.2) is 29.3 Å². The topological polar surface area (TPSA) is 83.0 Å². The van der Waals surface area contributed by atoms with E-state index in [0.29, 0.717) is 49.2 Å². The van der Waals surface area contributed by atoms with Crippen LogP contribution in [0.2, 0.25) is 0 Å². The third-order valence-corrected chi connectivity index (χ3v) is 4.02. The zero-order chi connectivity index (χ0) is 19.6. The SMILES string of the molecule is CCNC(=NCCCOCC(C)C)NCCN1C(=O)c2ccccc2C1=O.